The van der Waals surface area contributed by atoms with E-state index in [2.05, 4.69) is 20.0 Å². The predicted octanol–water partition coefficient (Wildman–Crippen LogP) is 1.87. The van der Waals surface area contributed by atoms with Crippen molar-refractivity contribution in [1.82, 2.24) is 17.4 Å². The van der Waals surface area contributed by atoms with Gasteiger partial charge in [0.25, 0.3) is 0 Å². The van der Waals surface area contributed by atoms with Crippen molar-refractivity contribution < 1.29 is 0 Å². The molecule has 0 radical (unpaired) electrons. The number of hydrazone groups is 2. The molecular weight excluding hydrogens is 308 g/mol. The van der Waals surface area contributed by atoms with Crippen molar-refractivity contribution in [2.75, 3.05) is 28.2 Å². The molecule has 0 saturated carbocycles. The third kappa shape index (κ3) is 3.87. The maximum absolute atomic E-state index is 4.33. The number of hydrogen-bond acceptors (Lipinski definition) is 10. The maximum Gasteiger partial charge on any atom is 0.116 e. The normalized spacial score (nSPS) is 27.2. The molecule has 102 valence electrons. The van der Waals surface area contributed by atoms with Gasteiger partial charge in [0.15, 0.2) is 0 Å². The standard InChI is InChI=1S/C8H16N6S4/c1-11(2)7-5-9-13(15-7)17-18-14-10-6-8(16-14)12(3)4/h5-8H,1-4H3. The van der Waals surface area contributed by atoms with E-state index in [1.165, 1.54) is 0 Å². The lowest BCUT2D eigenvalue weighted by Crippen LogP contribution is -2.24. The number of nitrogens with zero attached hydrogens (tertiary/aromatic N) is 6. The van der Waals surface area contributed by atoms with Crippen molar-refractivity contribution in [2.45, 2.75) is 10.7 Å². The lowest BCUT2D eigenvalue weighted by molar-refractivity contribution is 0.448. The smallest absolute Gasteiger partial charge is 0.116 e. The quantitative estimate of drug-likeness (QED) is 0.560. The second kappa shape index (κ2) is 6.62. The molecule has 0 N–H and O–H groups in total. The molecule has 2 rings (SSSR count). The van der Waals surface area contributed by atoms with E-state index in [1.807, 2.05) is 48.3 Å². The van der Waals surface area contributed by atoms with Gasteiger partial charge in [0.1, 0.15) is 10.7 Å². The van der Waals surface area contributed by atoms with Gasteiger partial charge in [-0.25, -0.2) is 0 Å². The molecule has 2 heterocycles. The van der Waals surface area contributed by atoms with Crippen molar-refractivity contribution in [3.63, 3.8) is 0 Å². The zero-order valence-electron chi connectivity index (χ0n) is 10.6. The summed E-state index contributed by atoms with van der Waals surface area (Å²) in [6.07, 6.45) is 3.89. The van der Waals surface area contributed by atoms with Gasteiger partial charge in [0, 0.05) is 23.9 Å². The van der Waals surface area contributed by atoms with Gasteiger partial charge in [-0.05, 0) is 28.2 Å². The Morgan fingerprint density at radius 1 is 0.889 bits per heavy atom. The Bertz CT molecular complexity index is 304. The minimum atomic E-state index is 0.322. The molecule has 0 aliphatic carbocycles. The first-order valence-corrected chi connectivity index (χ1v) is 8.99. The van der Waals surface area contributed by atoms with Crippen LogP contribution in [-0.2, 0) is 0 Å². The van der Waals surface area contributed by atoms with Gasteiger partial charge < -0.3 is 0 Å². The van der Waals surface area contributed by atoms with Crippen LogP contribution in [0.5, 0.6) is 0 Å². The highest BCUT2D eigenvalue weighted by Gasteiger charge is 2.25. The van der Waals surface area contributed by atoms with Crippen molar-refractivity contribution in [1.29, 1.82) is 0 Å². The Morgan fingerprint density at radius 3 is 1.56 bits per heavy atom. The van der Waals surface area contributed by atoms with Gasteiger partial charge in [-0.2, -0.15) is 17.8 Å². The molecule has 0 spiro atoms. The van der Waals surface area contributed by atoms with Gasteiger partial charge >= 0.3 is 0 Å². The average molecular weight is 325 g/mol. The van der Waals surface area contributed by atoms with Gasteiger partial charge in [-0.15, -0.1) is 0 Å². The molecular formula is C8H16N6S4. The van der Waals surface area contributed by atoms with Crippen LogP contribution in [0.2, 0.25) is 0 Å². The molecule has 2 aliphatic heterocycles. The minimum absolute atomic E-state index is 0.322. The van der Waals surface area contributed by atoms with Gasteiger partial charge in [0.2, 0.25) is 0 Å². The third-order valence-electron chi connectivity index (χ3n) is 2.15. The van der Waals surface area contributed by atoms with Crippen LogP contribution in [0.15, 0.2) is 10.2 Å². The zero-order chi connectivity index (χ0) is 13.1. The first-order valence-electron chi connectivity index (χ1n) is 5.26. The molecule has 6 nitrogen and oxygen atoms in total. The molecule has 0 aromatic carbocycles. The SMILES string of the molecule is CN(C)C1C=NN(SSN2N=CC(N(C)C)S2)S1. The molecule has 0 aromatic rings. The molecule has 2 unspecified atom stereocenters. The molecule has 2 atom stereocenters. The lowest BCUT2D eigenvalue weighted by atomic mass is 10.6. The van der Waals surface area contributed by atoms with Crippen LogP contribution in [-0.4, -0.2) is 68.8 Å². The van der Waals surface area contributed by atoms with E-state index in [0.717, 1.165) is 0 Å². The summed E-state index contributed by atoms with van der Waals surface area (Å²) in [5, 5.41) is 9.30. The topological polar surface area (TPSA) is 37.7 Å². The molecule has 0 fully saturated rings. The Labute approximate surface area is 124 Å². The summed E-state index contributed by atoms with van der Waals surface area (Å²) in [6.45, 7) is 0. The Hall–Kier alpha value is 0.260. The van der Waals surface area contributed by atoms with E-state index in [0.29, 0.717) is 10.7 Å². The zero-order valence-corrected chi connectivity index (χ0v) is 13.9. The van der Waals surface area contributed by atoms with Gasteiger partial charge in [0.05, 0.1) is 34.4 Å². The van der Waals surface area contributed by atoms with E-state index in [9.17, 15) is 0 Å². The van der Waals surface area contributed by atoms with Crippen molar-refractivity contribution >= 4 is 58.3 Å². The van der Waals surface area contributed by atoms with Gasteiger partial charge in [-0.3, -0.25) is 9.80 Å². The van der Waals surface area contributed by atoms with E-state index >= 15 is 0 Å². The van der Waals surface area contributed by atoms with Crippen LogP contribution in [0.3, 0.4) is 0 Å². The Morgan fingerprint density at radius 2 is 1.28 bits per heavy atom. The molecule has 18 heavy (non-hydrogen) atoms. The fourth-order valence-corrected chi connectivity index (χ4v) is 5.09. The van der Waals surface area contributed by atoms with Crippen molar-refractivity contribution in [3.8, 4) is 0 Å². The van der Waals surface area contributed by atoms with E-state index in [1.54, 1.807) is 45.9 Å². The molecule has 0 aromatic heterocycles. The first-order chi connectivity index (χ1) is 8.56. The summed E-state index contributed by atoms with van der Waals surface area (Å²) in [7, 11) is 11.4. The summed E-state index contributed by atoms with van der Waals surface area (Å²) in [6, 6.07) is 0. The maximum atomic E-state index is 4.33. The minimum Gasteiger partial charge on any atom is -0.292 e. The van der Waals surface area contributed by atoms with Gasteiger partial charge in [-0.1, -0.05) is 0 Å². The largest absolute Gasteiger partial charge is 0.292 e. The van der Waals surface area contributed by atoms with Crippen LogP contribution < -0.4 is 0 Å². The van der Waals surface area contributed by atoms with E-state index in [4.69, 9.17) is 0 Å². The van der Waals surface area contributed by atoms with Crippen LogP contribution in [0.1, 0.15) is 0 Å². The van der Waals surface area contributed by atoms with Crippen molar-refractivity contribution in [2.24, 2.45) is 10.2 Å². The highest BCUT2D eigenvalue weighted by molar-refractivity contribution is 8.77. The summed E-state index contributed by atoms with van der Waals surface area (Å²) in [5.74, 6) is 0. The monoisotopic (exact) mass is 324 g/mol. The van der Waals surface area contributed by atoms with Crippen LogP contribution in [0.25, 0.3) is 0 Å². The highest BCUT2D eigenvalue weighted by atomic mass is 33.1. The molecule has 10 heteroatoms. The molecule has 0 saturated heterocycles. The summed E-state index contributed by atoms with van der Waals surface area (Å²) in [5.41, 5.74) is 0. The van der Waals surface area contributed by atoms with Crippen LogP contribution in [0.4, 0.5) is 0 Å². The summed E-state index contributed by atoms with van der Waals surface area (Å²) >= 11 is 3.38. The third-order valence-corrected chi connectivity index (χ3v) is 7.31. The van der Waals surface area contributed by atoms with Crippen LogP contribution in [0, 0.1) is 0 Å². The van der Waals surface area contributed by atoms with Crippen LogP contribution >= 0.6 is 45.9 Å². The molecule has 2 aliphatic rings. The fourth-order valence-electron chi connectivity index (χ4n) is 1.10. The first kappa shape index (κ1) is 14.7. The molecule has 0 bridgehead atoms. The second-order valence-electron chi connectivity index (χ2n) is 4.07. The number of rotatable bonds is 5. The Kier molecular flexibility index (Phi) is 5.39. The predicted molar refractivity (Wildman–Crippen MR) is 86.0 cm³/mol. The average Bonchev–Trinajstić information content (AvgIpc) is 2.95. The van der Waals surface area contributed by atoms with E-state index in [-0.39, 0.29) is 0 Å². The number of hydrogen-bond donors (Lipinski definition) is 0. The Balaban J connectivity index is 1.69. The fraction of sp³-hybridized carbons (Fsp3) is 0.750. The highest BCUT2D eigenvalue weighted by Crippen LogP contribution is 2.44. The second-order valence-corrected chi connectivity index (χ2v) is 8.50. The summed E-state index contributed by atoms with van der Waals surface area (Å²) < 4.78 is 3.82. The van der Waals surface area contributed by atoms with Crippen molar-refractivity contribution in [3.05, 3.63) is 0 Å². The molecule has 0 amide bonds. The van der Waals surface area contributed by atoms with E-state index < -0.39 is 0 Å². The lowest BCUT2D eigenvalue weighted by Gasteiger charge is -2.19. The summed E-state index contributed by atoms with van der Waals surface area (Å²) in [4.78, 5) is 4.26.